The average molecular weight is 265 g/mol. The second-order valence-electron chi connectivity index (χ2n) is 4.85. The van der Waals surface area contributed by atoms with Crippen molar-refractivity contribution in [2.45, 2.75) is 39.2 Å². The Morgan fingerprint density at radius 3 is 2.79 bits per heavy atom. The molecule has 1 heterocycles. The summed E-state index contributed by atoms with van der Waals surface area (Å²) in [5.41, 5.74) is 2.56. The van der Waals surface area contributed by atoms with Gasteiger partial charge in [0.15, 0.2) is 5.82 Å². The highest BCUT2D eigenvalue weighted by atomic mass is 16.5. The molecule has 106 valence electrons. The van der Waals surface area contributed by atoms with Gasteiger partial charge in [0.2, 0.25) is 0 Å². The van der Waals surface area contributed by atoms with Gasteiger partial charge in [-0.1, -0.05) is 19.3 Å². The molecule has 0 atom stereocenters. The summed E-state index contributed by atoms with van der Waals surface area (Å²) in [4.78, 5) is 8.66. The van der Waals surface area contributed by atoms with Gasteiger partial charge in [-0.15, -0.1) is 0 Å². The van der Waals surface area contributed by atoms with Crippen LogP contribution in [0.1, 0.15) is 38.4 Å². The molecule has 0 unspecified atom stereocenters. The number of nitrogens with zero attached hydrogens (tertiary/aromatic N) is 2. The molecule has 2 rings (SSSR count). The van der Waals surface area contributed by atoms with Crippen LogP contribution in [0.5, 0.6) is 0 Å². The highest BCUT2D eigenvalue weighted by Crippen LogP contribution is 2.29. The molecule has 1 aromatic heterocycles. The van der Waals surface area contributed by atoms with Gasteiger partial charge in [0.1, 0.15) is 18.2 Å². The van der Waals surface area contributed by atoms with Gasteiger partial charge in [-0.05, 0) is 19.3 Å². The Labute approximate surface area is 114 Å². The van der Waals surface area contributed by atoms with Gasteiger partial charge in [-0.3, -0.25) is 0 Å². The maximum Gasteiger partial charge on any atom is 0.158 e. The first-order chi connectivity index (χ1) is 9.31. The summed E-state index contributed by atoms with van der Waals surface area (Å²) >= 11 is 0. The summed E-state index contributed by atoms with van der Waals surface area (Å²) in [5.74, 6) is 8.36. The van der Waals surface area contributed by atoms with Crippen molar-refractivity contribution in [3.8, 4) is 0 Å². The first-order valence-corrected chi connectivity index (χ1v) is 6.98. The van der Waals surface area contributed by atoms with E-state index in [0.29, 0.717) is 24.9 Å². The van der Waals surface area contributed by atoms with Crippen molar-refractivity contribution in [1.29, 1.82) is 0 Å². The smallest absolute Gasteiger partial charge is 0.158 e. The summed E-state index contributed by atoms with van der Waals surface area (Å²) in [6.07, 6.45) is 5.33. The molecule has 0 radical (unpaired) electrons. The quantitative estimate of drug-likeness (QED) is 0.492. The van der Waals surface area contributed by atoms with E-state index in [1.807, 2.05) is 13.0 Å². The molecule has 0 saturated heterocycles. The Morgan fingerprint density at radius 2 is 2.16 bits per heavy atom. The fourth-order valence-corrected chi connectivity index (χ4v) is 2.11. The van der Waals surface area contributed by atoms with Gasteiger partial charge in [-0.25, -0.2) is 15.8 Å². The second kappa shape index (κ2) is 7.25. The fraction of sp³-hybridized carbons (Fsp3) is 0.692. The molecule has 1 fully saturated rings. The monoisotopic (exact) mass is 265 g/mol. The molecule has 1 saturated carbocycles. The summed E-state index contributed by atoms with van der Waals surface area (Å²) in [7, 11) is 0. The number of hydrazine groups is 1. The van der Waals surface area contributed by atoms with E-state index in [9.17, 15) is 0 Å². The van der Waals surface area contributed by atoms with Gasteiger partial charge < -0.3 is 15.5 Å². The molecule has 19 heavy (non-hydrogen) atoms. The first kappa shape index (κ1) is 14.0. The van der Waals surface area contributed by atoms with Crippen molar-refractivity contribution in [3.63, 3.8) is 0 Å². The Bertz CT molecular complexity index is 395. The van der Waals surface area contributed by atoms with Crippen LogP contribution < -0.4 is 16.6 Å². The summed E-state index contributed by atoms with van der Waals surface area (Å²) < 4.78 is 5.32. The predicted molar refractivity (Wildman–Crippen MR) is 75.6 cm³/mol. The molecule has 0 bridgehead atoms. The van der Waals surface area contributed by atoms with Crippen LogP contribution in [-0.4, -0.2) is 23.1 Å². The average Bonchev–Trinajstić information content (AvgIpc) is 2.39. The lowest BCUT2D eigenvalue weighted by atomic mass is 9.83. The third-order valence-corrected chi connectivity index (χ3v) is 3.44. The van der Waals surface area contributed by atoms with Crippen molar-refractivity contribution in [2.24, 2.45) is 11.8 Å². The zero-order valence-electron chi connectivity index (χ0n) is 11.5. The molecule has 1 aliphatic rings. The van der Waals surface area contributed by atoms with E-state index in [4.69, 9.17) is 10.6 Å². The van der Waals surface area contributed by atoms with Crippen molar-refractivity contribution >= 4 is 11.6 Å². The van der Waals surface area contributed by atoms with Gasteiger partial charge in [0, 0.05) is 19.2 Å². The first-order valence-electron chi connectivity index (χ1n) is 6.98. The minimum Gasteiger partial charge on any atom is -0.374 e. The molecule has 0 aliphatic heterocycles. The van der Waals surface area contributed by atoms with Crippen LogP contribution in [-0.2, 0) is 11.3 Å². The van der Waals surface area contributed by atoms with Crippen LogP contribution in [0, 0.1) is 5.92 Å². The number of hydrogen-bond donors (Lipinski definition) is 3. The van der Waals surface area contributed by atoms with Crippen molar-refractivity contribution in [3.05, 3.63) is 11.9 Å². The minimum absolute atomic E-state index is 0.406. The van der Waals surface area contributed by atoms with E-state index in [2.05, 4.69) is 20.7 Å². The largest absolute Gasteiger partial charge is 0.374 e. The number of rotatable bonds is 8. The van der Waals surface area contributed by atoms with E-state index in [1.54, 1.807) is 0 Å². The SMILES string of the molecule is CCOCc1nc(NN)cc(NCCC2CCC2)n1. The van der Waals surface area contributed by atoms with E-state index in [1.165, 1.54) is 25.7 Å². The zero-order valence-corrected chi connectivity index (χ0v) is 11.5. The van der Waals surface area contributed by atoms with Crippen LogP contribution >= 0.6 is 0 Å². The fourth-order valence-electron chi connectivity index (χ4n) is 2.11. The van der Waals surface area contributed by atoms with Crippen molar-refractivity contribution in [1.82, 2.24) is 9.97 Å². The van der Waals surface area contributed by atoms with E-state index in [0.717, 1.165) is 18.3 Å². The number of ether oxygens (including phenoxy) is 1. The molecule has 1 aromatic rings. The highest BCUT2D eigenvalue weighted by molar-refractivity contribution is 5.46. The topological polar surface area (TPSA) is 85.1 Å². The number of hydrogen-bond acceptors (Lipinski definition) is 6. The molecule has 0 aromatic carbocycles. The number of aromatic nitrogens is 2. The van der Waals surface area contributed by atoms with Crippen LogP contribution in [0.3, 0.4) is 0 Å². The van der Waals surface area contributed by atoms with E-state index < -0.39 is 0 Å². The Kier molecular flexibility index (Phi) is 5.35. The summed E-state index contributed by atoms with van der Waals surface area (Å²) in [6.45, 7) is 3.94. The number of anilines is 2. The normalized spacial score (nSPS) is 15.1. The van der Waals surface area contributed by atoms with Gasteiger partial charge in [0.05, 0.1) is 0 Å². The van der Waals surface area contributed by atoms with Crippen LogP contribution in [0.4, 0.5) is 11.6 Å². The Morgan fingerprint density at radius 1 is 1.37 bits per heavy atom. The lowest BCUT2D eigenvalue weighted by molar-refractivity contribution is 0.128. The number of nitrogens with one attached hydrogen (secondary N) is 2. The molecule has 0 spiro atoms. The lowest BCUT2D eigenvalue weighted by Crippen LogP contribution is -2.17. The highest BCUT2D eigenvalue weighted by Gasteiger charge is 2.16. The van der Waals surface area contributed by atoms with Crippen LogP contribution in [0.25, 0.3) is 0 Å². The number of nitrogens with two attached hydrogens (primary N) is 1. The summed E-state index contributed by atoms with van der Waals surface area (Å²) in [5, 5.41) is 3.33. The van der Waals surface area contributed by atoms with Gasteiger partial charge in [0.25, 0.3) is 0 Å². The molecule has 6 heteroatoms. The Hall–Kier alpha value is -1.40. The third kappa shape index (κ3) is 4.33. The minimum atomic E-state index is 0.406. The molecule has 4 N–H and O–H groups in total. The van der Waals surface area contributed by atoms with Gasteiger partial charge in [-0.2, -0.15) is 0 Å². The van der Waals surface area contributed by atoms with Crippen LogP contribution in [0.2, 0.25) is 0 Å². The van der Waals surface area contributed by atoms with Crippen molar-refractivity contribution in [2.75, 3.05) is 23.9 Å². The molecule has 6 nitrogen and oxygen atoms in total. The van der Waals surface area contributed by atoms with Crippen molar-refractivity contribution < 1.29 is 4.74 Å². The Balaban J connectivity index is 1.89. The molecular weight excluding hydrogens is 242 g/mol. The van der Waals surface area contributed by atoms with E-state index in [-0.39, 0.29) is 0 Å². The maximum absolute atomic E-state index is 5.41. The summed E-state index contributed by atoms with van der Waals surface area (Å²) in [6, 6.07) is 1.82. The molecule has 0 amide bonds. The number of nitrogen functional groups attached to an aromatic ring is 1. The standard InChI is InChI=1S/C13H23N5O/c1-2-19-9-13-16-11(8-12(17-13)18-14)15-7-6-10-4-3-5-10/h8,10H,2-7,9,14H2,1H3,(H2,15,16,17,18). The van der Waals surface area contributed by atoms with Crippen LogP contribution in [0.15, 0.2) is 6.07 Å². The van der Waals surface area contributed by atoms with E-state index >= 15 is 0 Å². The third-order valence-electron chi connectivity index (χ3n) is 3.44. The second-order valence-corrected chi connectivity index (χ2v) is 4.85. The zero-order chi connectivity index (χ0) is 13.5. The lowest BCUT2D eigenvalue weighted by Gasteiger charge is -2.25. The molecule has 1 aliphatic carbocycles. The predicted octanol–water partition coefficient (Wildman–Crippen LogP) is 1.90. The molecular formula is C13H23N5O. The maximum atomic E-state index is 5.41. The van der Waals surface area contributed by atoms with Gasteiger partial charge >= 0.3 is 0 Å².